The molecule has 11 heteroatoms. The quantitative estimate of drug-likeness (QED) is 0.267. The van der Waals surface area contributed by atoms with Gasteiger partial charge in [0, 0.05) is 41.7 Å². The number of hydrogen-bond donors (Lipinski definition) is 2. The maximum atomic E-state index is 12.4. The van der Waals surface area contributed by atoms with Crippen LogP contribution in [0.25, 0.3) is 16.9 Å². The first-order valence-electron chi connectivity index (χ1n) is 11.1. The zero-order chi connectivity index (χ0) is 25.5. The average Bonchev–Trinajstić information content (AvgIpc) is 3.54. The van der Waals surface area contributed by atoms with Crippen LogP contribution in [0.3, 0.4) is 0 Å². The Morgan fingerprint density at radius 3 is 2.69 bits per heavy atom. The molecule has 0 spiro atoms. The van der Waals surface area contributed by atoms with Crippen LogP contribution in [-0.2, 0) is 16.0 Å². The summed E-state index contributed by atoms with van der Waals surface area (Å²) in [5.74, 6) is -0.366. The highest BCUT2D eigenvalue weighted by atomic mass is 35.5. The van der Waals surface area contributed by atoms with Gasteiger partial charge >= 0.3 is 0 Å². The molecule has 1 aromatic carbocycles. The molecule has 3 aromatic heterocycles. The number of ether oxygens (including phenoxy) is 1. The first-order chi connectivity index (χ1) is 17.4. The third-order valence-corrected chi connectivity index (χ3v) is 6.88. The summed E-state index contributed by atoms with van der Waals surface area (Å²) < 4.78 is 7.61. The molecule has 0 unspecified atom stereocenters. The van der Waals surface area contributed by atoms with Gasteiger partial charge in [-0.2, -0.15) is 5.10 Å². The molecule has 1 atom stereocenters. The Morgan fingerprint density at radius 2 is 2.00 bits per heavy atom. The minimum atomic E-state index is -0.754. The van der Waals surface area contributed by atoms with Crippen LogP contribution in [0.5, 0.6) is 5.88 Å². The van der Waals surface area contributed by atoms with Gasteiger partial charge in [0.15, 0.2) is 0 Å². The minimum Gasteiger partial charge on any atom is -0.478 e. The molecule has 36 heavy (non-hydrogen) atoms. The molecule has 4 rings (SSSR count). The van der Waals surface area contributed by atoms with Gasteiger partial charge in [0.05, 0.1) is 28.0 Å². The van der Waals surface area contributed by atoms with Gasteiger partial charge in [0.2, 0.25) is 17.7 Å². The molecular formula is C25H23Cl2N5O3S. The van der Waals surface area contributed by atoms with Crippen molar-refractivity contribution in [3.63, 3.8) is 0 Å². The SMILES string of the molecule is NC(=O)[C@H](Cc1cccs1)NC(=O)CCCOc1cc(-c2cccnc2)nn1-c1ccc(Cl)c(Cl)c1. The van der Waals surface area contributed by atoms with Crippen molar-refractivity contribution in [2.45, 2.75) is 25.3 Å². The summed E-state index contributed by atoms with van der Waals surface area (Å²) in [6.45, 7) is 0.249. The second-order valence-corrected chi connectivity index (χ2v) is 9.72. The number of nitrogens with zero attached hydrogens (tertiary/aromatic N) is 3. The number of nitrogens with two attached hydrogens (primary N) is 1. The van der Waals surface area contributed by atoms with Crippen LogP contribution in [0.1, 0.15) is 17.7 Å². The van der Waals surface area contributed by atoms with Crippen molar-refractivity contribution in [2.75, 3.05) is 6.61 Å². The van der Waals surface area contributed by atoms with Gasteiger partial charge < -0.3 is 15.8 Å². The normalized spacial score (nSPS) is 11.7. The second kappa shape index (κ2) is 12.0. The standard InChI is InChI=1S/C25H23Cl2N5O3S/c26-19-8-7-17(12-20(19)27)32-24(14-21(31-32)16-4-1-9-29-15-16)35-10-2-6-23(33)30-22(25(28)34)13-18-5-3-11-36-18/h1,3-5,7-9,11-12,14-15,22H,2,6,10,13H2,(H2,28,34)(H,30,33)/t22-/m0/s1. The fourth-order valence-electron chi connectivity index (χ4n) is 3.45. The number of nitrogens with one attached hydrogen (secondary N) is 1. The molecule has 3 heterocycles. The van der Waals surface area contributed by atoms with Gasteiger partial charge in [0.25, 0.3) is 0 Å². The molecule has 0 aliphatic rings. The number of aromatic nitrogens is 3. The van der Waals surface area contributed by atoms with Gasteiger partial charge in [-0.25, -0.2) is 4.68 Å². The van der Waals surface area contributed by atoms with Crippen molar-refractivity contribution in [2.24, 2.45) is 5.73 Å². The molecule has 0 aliphatic carbocycles. The average molecular weight is 544 g/mol. The molecular weight excluding hydrogens is 521 g/mol. The molecule has 0 saturated carbocycles. The van der Waals surface area contributed by atoms with Gasteiger partial charge in [-0.05, 0) is 48.2 Å². The Hall–Kier alpha value is -3.40. The molecule has 0 aliphatic heterocycles. The second-order valence-electron chi connectivity index (χ2n) is 7.88. The van der Waals surface area contributed by atoms with Gasteiger partial charge in [0.1, 0.15) is 6.04 Å². The molecule has 0 radical (unpaired) electrons. The van der Waals surface area contributed by atoms with E-state index in [-0.39, 0.29) is 18.9 Å². The number of halogens is 2. The monoisotopic (exact) mass is 543 g/mol. The van der Waals surface area contributed by atoms with Crippen LogP contribution in [0.15, 0.2) is 66.3 Å². The van der Waals surface area contributed by atoms with Crippen molar-refractivity contribution >= 4 is 46.4 Å². The predicted molar refractivity (Wildman–Crippen MR) is 141 cm³/mol. The van der Waals surface area contributed by atoms with Gasteiger partial charge in [-0.1, -0.05) is 29.3 Å². The lowest BCUT2D eigenvalue weighted by Gasteiger charge is -2.15. The van der Waals surface area contributed by atoms with E-state index in [0.717, 1.165) is 10.4 Å². The maximum Gasteiger partial charge on any atom is 0.240 e. The molecule has 4 aromatic rings. The number of amides is 2. The van der Waals surface area contributed by atoms with Crippen molar-refractivity contribution < 1.29 is 14.3 Å². The van der Waals surface area contributed by atoms with Crippen molar-refractivity contribution in [1.82, 2.24) is 20.1 Å². The van der Waals surface area contributed by atoms with Crippen LogP contribution >= 0.6 is 34.5 Å². The lowest BCUT2D eigenvalue weighted by molar-refractivity contribution is -0.127. The number of hydrogen-bond acceptors (Lipinski definition) is 6. The third kappa shape index (κ3) is 6.63. The van der Waals surface area contributed by atoms with Crippen LogP contribution in [0, 0.1) is 0 Å². The summed E-state index contributed by atoms with van der Waals surface area (Å²) in [4.78, 5) is 29.3. The van der Waals surface area contributed by atoms with E-state index in [1.165, 1.54) is 11.3 Å². The number of carbonyl (C=O) groups excluding carboxylic acids is 2. The zero-order valence-corrected chi connectivity index (χ0v) is 21.4. The predicted octanol–water partition coefficient (Wildman–Crippen LogP) is 4.67. The summed E-state index contributed by atoms with van der Waals surface area (Å²) in [6, 6.07) is 13.7. The van der Waals surface area contributed by atoms with E-state index in [1.807, 2.05) is 29.6 Å². The summed E-state index contributed by atoms with van der Waals surface area (Å²) in [5.41, 5.74) is 7.63. The number of benzene rings is 1. The summed E-state index contributed by atoms with van der Waals surface area (Å²) in [6.07, 6.45) is 4.36. The van der Waals surface area contributed by atoms with Crippen LogP contribution in [0.4, 0.5) is 0 Å². The Balaban J connectivity index is 1.40. The lowest BCUT2D eigenvalue weighted by atomic mass is 10.1. The fraction of sp³-hybridized carbons (Fsp3) is 0.200. The van der Waals surface area contributed by atoms with E-state index in [2.05, 4.69) is 15.4 Å². The van der Waals surface area contributed by atoms with Crippen LogP contribution in [0.2, 0.25) is 10.0 Å². The highest BCUT2D eigenvalue weighted by molar-refractivity contribution is 7.09. The number of rotatable bonds is 11. The number of thiophene rings is 1. The highest BCUT2D eigenvalue weighted by Crippen LogP contribution is 2.29. The first kappa shape index (κ1) is 25.7. The summed E-state index contributed by atoms with van der Waals surface area (Å²) in [5, 5.41) is 10.1. The van der Waals surface area contributed by atoms with E-state index in [4.69, 9.17) is 33.7 Å². The first-order valence-corrected chi connectivity index (χ1v) is 12.7. The van der Waals surface area contributed by atoms with E-state index in [1.54, 1.807) is 41.3 Å². The highest BCUT2D eigenvalue weighted by Gasteiger charge is 2.19. The topological polar surface area (TPSA) is 112 Å². The minimum absolute atomic E-state index is 0.171. The molecule has 0 bridgehead atoms. The zero-order valence-electron chi connectivity index (χ0n) is 19.1. The Bertz CT molecular complexity index is 1330. The van der Waals surface area contributed by atoms with Crippen LogP contribution in [-0.4, -0.2) is 39.2 Å². The third-order valence-electron chi connectivity index (χ3n) is 5.24. The Morgan fingerprint density at radius 1 is 1.14 bits per heavy atom. The van der Waals surface area contributed by atoms with E-state index in [9.17, 15) is 9.59 Å². The van der Waals surface area contributed by atoms with E-state index >= 15 is 0 Å². The Labute approximate surface area is 222 Å². The molecule has 2 amide bonds. The molecule has 8 nitrogen and oxygen atoms in total. The van der Waals surface area contributed by atoms with Crippen molar-refractivity contribution in [3.8, 4) is 22.8 Å². The van der Waals surface area contributed by atoms with Crippen LogP contribution < -0.4 is 15.8 Å². The van der Waals surface area contributed by atoms with E-state index < -0.39 is 11.9 Å². The number of primary amides is 1. The fourth-order valence-corrected chi connectivity index (χ4v) is 4.50. The molecule has 186 valence electrons. The number of pyridine rings is 1. The van der Waals surface area contributed by atoms with E-state index in [0.29, 0.717) is 40.1 Å². The van der Waals surface area contributed by atoms with Crippen molar-refractivity contribution in [3.05, 3.63) is 81.2 Å². The summed E-state index contributed by atoms with van der Waals surface area (Å²) in [7, 11) is 0. The smallest absolute Gasteiger partial charge is 0.240 e. The molecule has 0 fully saturated rings. The number of carbonyl (C=O) groups is 2. The lowest BCUT2D eigenvalue weighted by Crippen LogP contribution is -2.45. The van der Waals surface area contributed by atoms with Crippen molar-refractivity contribution in [1.29, 1.82) is 0 Å². The largest absolute Gasteiger partial charge is 0.478 e. The Kier molecular flexibility index (Phi) is 8.58. The molecule has 3 N–H and O–H groups in total. The maximum absolute atomic E-state index is 12.4. The van der Waals surface area contributed by atoms with Gasteiger partial charge in [-0.3, -0.25) is 14.6 Å². The summed E-state index contributed by atoms with van der Waals surface area (Å²) >= 11 is 13.8. The molecule has 0 saturated heterocycles. The van der Waals surface area contributed by atoms with Gasteiger partial charge in [-0.15, -0.1) is 11.3 Å².